The quantitative estimate of drug-likeness (QED) is 0.876. The highest BCUT2D eigenvalue weighted by atomic mass is 35.5. The predicted molar refractivity (Wildman–Crippen MR) is 79.9 cm³/mol. The molecule has 0 heterocycles. The number of hydrogen-bond donors (Lipinski definition) is 2. The Kier molecular flexibility index (Phi) is 5.68. The Hall–Kier alpha value is -1.26. The Bertz CT molecular complexity index is 428. The monoisotopic (exact) mass is 296 g/mol. The highest BCUT2D eigenvalue weighted by Gasteiger charge is 2.21. The molecule has 1 saturated carbocycles. The summed E-state index contributed by atoms with van der Waals surface area (Å²) < 4.78 is 5.42. The van der Waals surface area contributed by atoms with Crippen LogP contribution in [0.3, 0.4) is 0 Å². The Morgan fingerprint density at radius 3 is 2.50 bits per heavy atom. The van der Waals surface area contributed by atoms with Gasteiger partial charge in [0.05, 0.1) is 0 Å². The lowest BCUT2D eigenvalue weighted by atomic mass is 9.86. The first kappa shape index (κ1) is 15.1. The molecule has 1 fully saturated rings. The minimum absolute atomic E-state index is 0.0401. The van der Waals surface area contributed by atoms with Crippen molar-refractivity contribution in [3.8, 4) is 5.75 Å². The average Bonchev–Trinajstić information content (AvgIpc) is 2.47. The third-order valence-electron chi connectivity index (χ3n) is 3.73. The van der Waals surface area contributed by atoms with E-state index in [0.29, 0.717) is 16.7 Å². The van der Waals surface area contributed by atoms with Crippen molar-refractivity contribution in [2.24, 2.45) is 11.7 Å². The van der Waals surface area contributed by atoms with Crippen LogP contribution >= 0.6 is 11.6 Å². The molecule has 1 aliphatic carbocycles. The van der Waals surface area contributed by atoms with Crippen molar-refractivity contribution >= 4 is 17.5 Å². The maximum Gasteiger partial charge on any atom is 0.258 e. The number of carbonyl (C=O) groups excluding carboxylic acids is 1. The van der Waals surface area contributed by atoms with Crippen molar-refractivity contribution in [1.82, 2.24) is 5.32 Å². The molecule has 1 aliphatic rings. The van der Waals surface area contributed by atoms with Crippen molar-refractivity contribution in [3.63, 3.8) is 0 Å². The molecule has 0 bridgehead atoms. The molecule has 5 heteroatoms. The summed E-state index contributed by atoms with van der Waals surface area (Å²) in [7, 11) is 0. The molecule has 110 valence electrons. The molecule has 0 saturated heterocycles. The fraction of sp³-hybridized carbons (Fsp3) is 0.533. The first-order chi connectivity index (χ1) is 9.67. The van der Waals surface area contributed by atoms with Gasteiger partial charge in [-0.15, -0.1) is 0 Å². The van der Waals surface area contributed by atoms with E-state index in [1.54, 1.807) is 24.3 Å². The first-order valence-corrected chi connectivity index (χ1v) is 7.43. The molecule has 1 aromatic carbocycles. The van der Waals surface area contributed by atoms with Crippen molar-refractivity contribution in [1.29, 1.82) is 0 Å². The number of nitrogens with two attached hydrogens (primary N) is 1. The average molecular weight is 297 g/mol. The van der Waals surface area contributed by atoms with Crippen molar-refractivity contribution < 1.29 is 9.53 Å². The van der Waals surface area contributed by atoms with Crippen molar-refractivity contribution in [2.45, 2.75) is 31.7 Å². The molecule has 1 aromatic rings. The normalized spacial score (nSPS) is 22.3. The van der Waals surface area contributed by atoms with Gasteiger partial charge in [0.2, 0.25) is 0 Å². The number of halogens is 1. The van der Waals surface area contributed by atoms with Crippen LogP contribution in [0.2, 0.25) is 5.02 Å². The second-order valence-corrected chi connectivity index (χ2v) is 5.70. The van der Waals surface area contributed by atoms with Gasteiger partial charge >= 0.3 is 0 Å². The van der Waals surface area contributed by atoms with Gasteiger partial charge in [0, 0.05) is 11.1 Å². The summed E-state index contributed by atoms with van der Waals surface area (Å²) in [5, 5.41) is 3.67. The van der Waals surface area contributed by atoms with Gasteiger partial charge in [-0.05, 0) is 62.4 Å². The van der Waals surface area contributed by atoms with Crippen LogP contribution in [-0.2, 0) is 4.79 Å². The highest BCUT2D eigenvalue weighted by molar-refractivity contribution is 6.30. The molecule has 0 spiro atoms. The summed E-state index contributed by atoms with van der Waals surface area (Å²) in [6.45, 7) is 0.790. The molecule has 0 aliphatic heterocycles. The van der Waals surface area contributed by atoms with Gasteiger partial charge in [-0.3, -0.25) is 4.79 Å². The lowest BCUT2D eigenvalue weighted by Crippen LogP contribution is -2.40. The van der Waals surface area contributed by atoms with E-state index >= 15 is 0 Å². The summed E-state index contributed by atoms with van der Waals surface area (Å²) in [6.07, 6.45) is 4.21. The lowest BCUT2D eigenvalue weighted by molar-refractivity contribution is -0.124. The number of benzene rings is 1. The summed E-state index contributed by atoms with van der Waals surface area (Å²) >= 11 is 5.78. The molecule has 0 atom stereocenters. The summed E-state index contributed by atoms with van der Waals surface area (Å²) in [6, 6.07) is 7.25. The zero-order chi connectivity index (χ0) is 14.4. The minimum atomic E-state index is -0.0730. The van der Waals surface area contributed by atoms with Gasteiger partial charge in [-0.1, -0.05) is 11.6 Å². The summed E-state index contributed by atoms with van der Waals surface area (Å²) in [4.78, 5) is 11.8. The van der Waals surface area contributed by atoms with Crippen LogP contribution in [0.15, 0.2) is 24.3 Å². The van der Waals surface area contributed by atoms with Crippen LogP contribution < -0.4 is 15.8 Å². The van der Waals surface area contributed by atoms with E-state index in [1.807, 2.05) is 0 Å². The molecule has 2 rings (SSSR count). The lowest BCUT2D eigenvalue weighted by Gasteiger charge is -2.28. The molecule has 3 N–H and O–H groups in total. The molecular formula is C15H21ClN2O2. The van der Waals surface area contributed by atoms with E-state index in [1.165, 1.54) is 0 Å². The first-order valence-electron chi connectivity index (χ1n) is 7.05. The number of rotatable bonds is 5. The van der Waals surface area contributed by atoms with E-state index in [4.69, 9.17) is 22.1 Å². The van der Waals surface area contributed by atoms with Crippen LogP contribution in [0.25, 0.3) is 0 Å². The number of hydrogen-bond acceptors (Lipinski definition) is 3. The van der Waals surface area contributed by atoms with Crippen molar-refractivity contribution in [2.75, 3.05) is 13.2 Å². The Morgan fingerprint density at radius 2 is 1.90 bits per heavy atom. The maximum atomic E-state index is 11.8. The number of nitrogens with one attached hydrogen (secondary N) is 1. The second kappa shape index (κ2) is 7.50. The van der Waals surface area contributed by atoms with E-state index in [9.17, 15) is 4.79 Å². The van der Waals surface area contributed by atoms with Gasteiger partial charge in [-0.2, -0.15) is 0 Å². The summed E-state index contributed by atoms with van der Waals surface area (Å²) in [5.74, 6) is 1.20. The Balaban J connectivity index is 1.69. The molecule has 1 amide bonds. The van der Waals surface area contributed by atoms with Crippen LogP contribution in [0.1, 0.15) is 25.7 Å². The molecule has 0 radical (unpaired) electrons. The zero-order valence-electron chi connectivity index (χ0n) is 11.5. The topological polar surface area (TPSA) is 64.3 Å². The Labute approximate surface area is 124 Å². The maximum absolute atomic E-state index is 11.8. The van der Waals surface area contributed by atoms with Crippen LogP contribution in [0.4, 0.5) is 0 Å². The Morgan fingerprint density at radius 1 is 1.25 bits per heavy atom. The van der Waals surface area contributed by atoms with Crippen LogP contribution in [0.5, 0.6) is 5.75 Å². The van der Waals surface area contributed by atoms with E-state index in [0.717, 1.165) is 32.2 Å². The van der Waals surface area contributed by atoms with E-state index in [2.05, 4.69) is 5.32 Å². The van der Waals surface area contributed by atoms with E-state index < -0.39 is 0 Å². The predicted octanol–water partition coefficient (Wildman–Crippen LogP) is 2.35. The second-order valence-electron chi connectivity index (χ2n) is 5.26. The molecule has 0 aromatic heterocycles. The third kappa shape index (κ3) is 4.69. The number of ether oxygens (including phenoxy) is 1. The SMILES string of the molecule is NC[C@H]1CC[C@H](NC(=O)COc2ccc(Cl)cc2)CC1. The standard InChI is InChI=1S/C15H21ClN2O2/c16-12-3-7-14(8-4-12)20-10-15(19)18-13-5-1-11(9-17)2-6-13/h3-4,7-8,11,13H,1-2,5-6,9-10,17H2,(H,18,19)/t11-,13-. The molecular weight excluding hydrogens is 276 g/mol. The van der Waals surface area contributed by atoms with E-state index in [-0.39, 0.29) is 18.6 Å². The largest absolute Gasteiger partial charge is 0.484 e. The van der Waals surface area contributed by atoms with Gasteiger partial charge in [0.1, 0.15) is 5.75 Å². The smallest absolute Gasteiger partial charge is 0.258 e. The fourth-order valence-electron chi connectivity index (χ4n) is 2.49. The zero-order valence-corrected chi connectivity index (χ0v) is 12.2. The van der Waals surface area contributed by atoms with Gasteiger partial charge in [-0.25, -0.2) is 0 Å². The minimum Gasteiger partial charge on any atom is -0.484 e. The summed E-state index contributed by atoms with van der Waals surface area (Å²) in [5.41, 5.74) is 5.66. The molecule has 20 heavy (non-hydrogen) atoms. The number of amides is 1. The third-order valence-corrected chi connectivity index (χ3v) is 3.98. The van der Waals surface area contributed by atoms with Gasteiger partial charge < -0.3 is 15.8 Å². The van der Waals surface area contributed by atoms with Crippen molar-refractivity contribution in [3.05, 3.63) is 29.3 Å². The van der Waals surface area contributed by atoms with Crippen LogP contribution in [0, 0.1) is 5.92 Å². The number of carbonyl (C=O) groups is 1. The van der Waals surface area contributed by atoms with Crippen LogP contribution in [-0.4, -0.2) is 25.1 Å². The molecule has 4 nitrogen and oxygen atoms in total. The van der Waals surface area contributed by atoms with Gasteiger partial charge in [0.25, 0.3) is 5.91 Å². The molecule has 0 unspecified atom stereocenters. The fourth-order valence-corrected chi connectivity index (χ4v) is 2.62. The van der Waals surface area contributed by atoms with Gasteiger partial charge in [0.15, 0.2) is 6.61 Å². The highest BCUT2D eigenvalue weighted by Crippen LogP contribution is 2.23.